The summed E-state index contributed by atoms with van der Waals surface area (Å²) in [6, 6.07) is -0.515. The standard InChI is InChI=1S/C7H11N3O.C4H10.C2H6/c1-2-6-4(8)3-5(9)7(11)10-6;1-4(2)3;1-2/h2,5H,1,3,8-9H2,(H,10,11);4H,1-3H3;1-2H3. The van der Waals surface area contributed by atoms with Gasteiger partial charge in [0, 0.05) is 12.1 Å². The van der Waals surface area contributed by atoms with Gasteiger partial charge in [0.15, 0.2) is 0 Å². The second-order valence-corrected chi connectivity index (χ2v) is 4.17. The summed E-state index contributed by atoms with van der Waals surface area (Å²) >= 11 is 0. The Labute approximate surface area is 105 Å². The molecule has 0 aromatic carbocycles. The molecule has 0 radical (unpaired) electrons. The molecule has 0 bridgehead atoms. The third kappa shape index (κ3) is 8.51. The van der Waals surface area contributed by atoms with E-state index in [1.54, 1.807) is 0 Å². The molecule has 1 rings (SSSR count). The van der Waals surface area contributed by atoms with Crippen LogP contribution in [0.15, 0.2) is 24.0 Å². The Morgan fingerprint density at radius 1 is 1.41 bits per heavy atom. The van der Waals surface area contributed by atoms with E-state index in [0.717, 1.165) is 5.92 Å². The van der Waals surface area contributed by atoms with Crippen molar-refractivity contribution in [2.75, 3.05) is 0 Å². The number of nitrogens with two attached hydrogens (primary N) is 2. The first-order valence-corrected chi connectivity index (χ1v) is 6.06. The molecule has 0 aromatic heterocycles. The van der Waals surface area contributed by atoms with Gasteiger partial charge in [0.2, 0.25) is 5.91 Å². The minimum atomic E-state index is -0.515. The van der Waals surface area contributed by atoms with E-state index in [1.807, 2.05) is 13.8 Å². The highest BCUT2D eigenvalue weighted by atomic mass is 16.2. The maximum atomic E-state index is 10.9. The molecule has 1 unspecified atom stereocenters. The molecule has 5 N–H and O–H groups in total. The Bertz CT molecular complexity index is 267. The average molecular weight is 241 g/mol. The summed E-state index contributed by atoms with van der Waals surface area (Å²) in [5.41, 5.74) is 12.2. The Balaban J connectivity index is 0. The molecule has 0 fully saturated rings. The molecule has 4 nitrogen and oxygen atoms in total. The molecule has 17 heavy (non-hydrogen) atoms. The predicted molar refractivity (Wildman–Crippen MR) is 74.0 cm³/mol. The van der Waals surface area contributed by atoms with Crippen molar-refractivity contribution in [3.8, 4) is 0 Å². The van der Waals surface area contributed by atoms with Crippen molar-refractivity contribution in [1.82, 2.24) is 5.32 Å². The smallest absolute Gasteiger partial charge is 0.241 e. The highest BCUT2D eigenvalue weighted by molar-refractivity contribution is 5.85. The zero-order valence-electron chi connectivity index (χ0n) is 11.7. The Morgan fingerprint density at radius 2 is 1.82 bits per heavy atom. The molecule has 0 saturated heterocycles. The summed E-state index contributed by atoms with van der Waals surface area (Å²) < 4.78 is 0. The van der Waals surface area contributed by atoms with Crippen molar-refractivity contribution in [2.45, 2.75) is 47.1 Å². The van der Waals surface area contributed by atoms with Gasteiger partial charge in [-0.05, 0) is 12.0 Å². The molecule has 4 heteroatoms. The zero-order valence-corrected chi connectivity index (χ0v) is 11.7. The van der Waals surface area contributed by atoms with Crippen LogP contribution in [0.2, 0.25) is 0 Å². The first kappa shape index (κ1) is 18.1. The Kier molecular flexibility index (Phi) is 10.5. The van der Waals surface area contributed by atoms with E-state index in [-0.39, 0.29) is 5.91 Å². The number of hydrogen-bond acceptors (Lipinski definition) is 3. The molecule has 0 aromatic rings. The van der Waals surface area contributed by atoms with Crippen LogP contribution in [0.1, 0.15) is 41.0 Å². The number of nitrogens with one attached hydrogen (secondary N) is 1. The van der Waals surface area contributed by atoms with Crippen LogP contribution in [-0.4, -0.2) is 11.9 Å². The third-order valence-electron chi connectivity index (χ3n) is 1.58. The summed E-state index contributed by atoms with van der Waals surface area (Å²) in [6.45, 7) is 14.0. The molecular formula is C13H27N3O. The summed E-state index contributed by atoms with van der Waals surface area (Å²) in [5.74, 6) is 0.633. The van der Waals surface area contributed by atoms with E-state index in [9.17, 15) is 4.79 Å². The fraction of sp³-hybridized carbons (Fsp3) is 0.615. The fourth-order valence-corrected chi connectivity index (χ4v) is 0.927. The van der Waals surface area contributed by atoms with Crippen LogP contribution < -0.4 is 16.8 Å². The lowest BCUT2D eigenvalue weighted by molar-refractivity contribution is -0.122. The summed E-state index contributed by atoms with van der Waals surface area (Å²) in [6.07, 6.45) is 1.92. The van der Waals surface area contributed by atoms with Crippen LogP contribution in [0.3, 0.4) is 0 Å². The van der Waals surface area contributed by atoms with Crippen LogP contribution >= 0.6 is 0 Å². The maximum Gasteiger partial charge on any atom is 0.241 e. The highest BCUT2D eigenvalue weighted by Crippen LogP contribution is 2.09. The highest BCUT2D eigenvalue weighted by Gasteiger charge is 2.21. The molecule has 1 atom stereocenters. The number of carbonyl (C=O) groups is 1. The summed E-state index contributed by atoms with van der Waals surface area (Å²) in [4.78, 5) is 10.9. The van der Waals surface area contributed by atoms with Crippen LogP contribution in [0.4, 0.5) is 0 Å². The maximum absolute atomic E-state index is 10.9. The molecule has 0 saturated carbocycles. The van der Waals surface area contributed by atoms with E-state index >= 15 is 0 Å². The molecule has 0 spiro atoms. The number of hydrogen-bond donors (Lipinski definition) is 3. The van der Waals surface area contributed by atoms with Crippen LogP contribution in [-0.2, 0) is 4.79 Å². The summed E-state index contributed by atoms with van der Waals surface area (Å²) in [7, 11) is 0. The van der Waals surface area contributed by atoms with Gasteiger partial charge in [-0.2, -0.15) is 0 Å². The van der Waals surface area contributed by atoms with Gasteiger partial charge in [-0.15, -0.1) is 0 Å². The molecule has 1 aliphatic heterocycles. The van der Waals surface area contributed by atoms with Crippen molar-refractivity contribution in [3.05, 3.63) is 24.0 Å². The van der Waals surface area contributed by atoms with Crippen LogP contribution in [0, 0.1) is 5.92 Å². The first-order chi connectivity index (χ1) is 7.88. The van der Waals surface area contributed by atoms with Crippen molar-refractivity contribution in [2.24, 2.45) is 17.4 Å². The SMILES string of the molecule is C=CC1=C(N)CC(N)C(=O)N1.CC.CC(C)C. The first-order valence-electron chi connectivity index (χ1n) is 6.06. The normalized spacial score (nSPS) is 18.5. The van der Waals surface area contributed by atoms with E-state index in [2.05, 4.69) is 32.7 Å². The monoisotopic (exact) mass is 241 g/mol. The van der Waals surface area contributed by atoms with Crippen molar-refractivity contribution < 1.29 is 4.79 Å². The molecule has 1 amide bonds. The number of rotatable bonds is 1. The predicted octanol–water partition coefficient (Wildman–Crippen LogP) is 1.88. The second-order valence-electron chi connectivity index (χ2n) is 4.17. The van der Waals surface area contributed by atoms with E-state index in [4.69, 9.17) is 11.5 Å². The van der Waals surface area contributed by atoms with Crippen molar-refractivity contribution >= 4 is 5.91 Å². The topological polar surface area (TPSA) is 81.1 Å². The van der Waals surface area contributed by atoms with E-state index in [0.29, 0.717) is 17.8 Å². The minimum absolute atomic E-state index is 0.200. The van der Waals surface area contributed by atoms with Gasteiger partial charge in [-0.1, -0.05) is 41.2 Å². The van der Waals surface area contributed by atoms with E-state index in [1.165, 1.54) is 6.08 Å². The van der Waals surface area contributed by atoms with Crippen molar-refractivity contribution in [1.29, 1.82) is 0 Å². The number of amides is 1. The largest absolute Gasteiger partial charge is 0.400 e. The van der Waals surface area contributed by atoms with Gasteiger partial charge in [0.05, 0.1) is 11.7 Å². The molecule has 1 heterocycles. The minimum Gasteiger partial charge on any atom is -0.400 e. The quantitative estimate of drug-likeness (QED) is 0.655. The Hall–Kier alpha value is -1.29. The van der Waals surface area contributed by atoms with Crippen LogP contribution in [0.5, 0.6) is 0 Å². The number of carbonyl (C=O) groups excluding carboxylic acids is 1. The molecule has 0 aliphatic carbocycles. The second kappa shape index (κ2) is 9.90. The molecular weight excluding hydrogens is 214 g/mol. The van der Waals surface area contributed by atoms with Gasteiger partial charge in [0.25, 0.3) is 0 Å². The van der Waals surface area contributed by atoms with Gasteiger partial charge in [0.1, 0.15) is 0 Å². The number of allylic oxidation sites excluding steroid dienone is 1. The van der Waals surface area contributed by atoms with Gasteiger partial charge in [-0.3, -0.25) is 4.79 Å². The fourth-order valence-electron chi connectivity index (χ4n) is 0.927. The third-order valence-corrected chi connectivity index (χ3v) is 1.58. The lowest BCUT2D eigenvalue weighted by atomic mass is 10.1. The lowest BCUT2D eigenvalue weighted by Gasteiger charge is -2.20. The van der Waals surface area contributed by atoms with Crippen molar-refractivity contribution in [3.63, 3.8) is 0 Å². The Morgan fingerprint density at radius 3 is 2.18 bits per heavy atom. The summed E-state index contributed by atoms with van der Waals surface area (Å²) in [5, 5.41) is 2.54. The lowest BCUT2D eigenvalue weighted by Crippen LogP contribution is -2.45. The van der Waals surface area contributed by atoms with E-state index < -0.39 is 6.04 Å². The van der Waals surface area contributed by atoms with Gasteiger partial charge in [-0.25, -0.2) is 0 Å². The zero-order chi connectivity index (χ0) is 14.0. The van der Waals surface area contributed by atoms with Crippen LogP contribution in [0.25, 0.3) is 0 Å². The molecule has 1 aliphatic rings. The molecule has 100 valence electrons. The van der Waals surface area contributed by atoms with Gasteiger partial charge >= 0.3 is 0 Å². The average Bonchev–Trinajstić information content (AvgIpc) is 2.25. The van der Waals surface area contributed by atoms with Gasteiger partial charge < -0.3 is 16.8 Å².